The largest absolute Gasteiger partial charge is 0.352 e. The average molecular weight is 610 g/mol. The van der Waals surface area contributed by atoms with E-state index in [1.54, 1.807) is 30.3 Å². The molecule has 0 aliphatic heterocycles. The van der Waals surface area contributed by atoms with Crippen LogP contribution in [0.1, 0.15) is 61.3 Å². The Morgan fingerprint density at radius 2 is 1.52 bits per heavy atom. The monoisotopic (exact) mass is 609 g/mol. The fourth-order valence-corrected chi connectivity index (χ4v) is 6.86. The van der Waals surface area contributed by atoms with Crippen LogP contribution in [0.4, 0.5) is 5.69 Å². The van der Waals surface area contributed by atoms with Crippen molar-refractivity contribution in [1.82, 2.24) is 10.2 Å². The van der Waals surface area contributed by atoms with Gasteiger partial charge in [0.15, 0.2) is 0 Å². The Hall–Kier alpha value is -3.36. The number of carbonyl (C=O) groups is 2. The first-order valence-corrected chi connectivity index (χ1v) is 16.3. The number of amides is 2. The third kappa shape index (κ3) is 7.53. The summed E-state index contributed by atoms with van der Waals surface area (Å²) < 4.78 is 29.2. The standard InChI is InChI=1S/C33H40ClN3O4S/c1-5-31(33(39)35-27-8-6-7-9-27)36(21-26-15-10-23(2)11-16-26)32(38)22-37(28-17-14-25(4)30(34)20-28)42(40,41)29-18-12-24(3)13-19-29/h10-20,27,31H,5-9,21-22H2,1-4H3,(H,35,39). The number of nitrogens with zero attached hydrogens (tertiary/aromatic N) is 2. The lowest BCUT2D eigenvalue weighted by Crippen LogP contribution is -2.53. The van der Waals surface area contributed by atoms with Crippen molar-refractivity contribution in [1.29, 1.82) is 0 Å². The molecule has 0 saturated heterocycles. The van der Waals surface area contributed by atoms with Crippen LogP contribution in [0.25, 0.3) is 0 Å². The van der Waals surface area contributed by atoms with Crippen molar-refractivity contribution in [3.05, 3.63) is 94.0 Å². The molecule has 2 amide bonds. The number of rotatable bonds is 11. The van der Waals surface area contributed by atoms with Gasteiger partial charge in [0.1, 0.15) is 12.6 Å². The molecule has 7 nitrogen and oxygen atoms in total. The molecule has 1 N–H and O–H groups in total. The van der Waals surface area contributed by atoms with E-state index >= 15 is 0 Å². The zero-order valence-electron chi connectivity index (χ0n) is 24.8. The van der Waals surface area contributed by atoms with Gasteiger partial charge in [0.25, 0.3) is 10.0 Å². The summed E-state index contributed by atoms with van der Waals surface area (Å²) in [6, 6.07) is 18.6. The third-order valence-electron chi connectivity index (χ3n) is 7.89. The highest BCUT2D eigenvalue weighted by Crippen LogP contribution is 2.29. The molecule has 224 valence electrons. The number of carbonyl (C=O) groups excluding carboxylic acids is 2. The summed E-state index contributed by atoms with van der Waals surface area (Å²) in [4.78, 5) is 29.4. The first-order chi connectivity index (χ1) is 20.0. The van der Waals surface area contributed by atoms with Crippen molar-refractivity contribution in [2.45, 2.75) is 83.3 Å². The maximum Gasteiger partial charge on any atom is 0.264 e. The Labute approximate surface area is 254 Å². The first-order valence-electron chi connectivity index (χ1n) is 14.5. The highest BCUT2D eigenvalue weighted by atomic mass is 35.5. The first kappa shape index (κ1) is 31.6. The molecular formula is C33H40ClN3O4S. The van der Waals surface area contributed by atoms with Gasteiger partial charge in [0.05, 0.1) is 10.6 Å². The van der Waals surface area contributed by atoms with Gasteiger partial charge >= 0.3 is 0 Å². The summed E-state index contributed by atoms with van der Waals surface area (Å²) in [5.41, 5.74) is 3.91. The quantitative estimate of drug-likeness (QED) is 0.275. The number of sulfonamides is 1. The molecule has 1 fully saturated rings. The van der Waals surface area contributed by atoms with E-state index in [9.17, 15) is 18.0 Å². The van der Waals surface area contributed by atoms with Crippen LogP contribution in [0, 0.1) is 20.8 Å². The normalized spacial score (nSPS) is 14.4. The number of nitrogens with one attached hydrogen (secondary N) is 1. The summed E-state index contributed by atoms with van der Waals surface area (Å²) in [6.45, 7) is 7.24. The van der Waals surface area contributed by atoms with Crippen LogP contribution in [-0.2, 0) is 26.2 Å². The zero-order valence-corrected chi connectivity index (χ0v) is 26.3. The van der Waals surface area contributed by atoms with Gasteiger partial charge in [-0.3, -0.25) is 13.9 Å². The summed E-state index contributed by atoms with van der Waals surface area (Å²) in [6.07, 6.45) is 4.37. The minimum atomic E-state index is -4.15. The number of aryl methyl sites for hydroxylation is 3. The van der Waals surface area contributed by atoms with Gasteiger partial charge in [-0.25, -0.2) is 8.42 Å². The second-order valence-corrected chi connectivity index (χ2v) is 13.4. The van der Waals surface area contributed by atoms with Crippen molar-refractivity contribution in [3.8, 4) is 0 Å². The molecule has 9 heteroatoms. The predicted molar refractivity (Wildman–Crippen MR) is 168 cm³/mol. The van der Waals surface area contributed by atoms with Crippen LogP contribution in [0.3, 0.4) is 0 Å². The van der Waals surface area contributed by atoms with Gasteiger partial charge in [0.2, 0.25) is 11.8 Å². The molecule has 1 atom stereocenters. The van der Waals surface area contributed by atoms with Crippen LogP contribution in [-0.4, -0.2) is 43.8 Å². The second-order valence-electron chi connectivity index (χ2n) is 11.2. The maximum absolute atomic E-state index is 14.2. The van der Waals surface area contributed by atoms with Crippen LogP contribution < -0.4 is 9.62 Å². The van der Waals surface area contributed by atoms with Gasteiger partial charge in [0, 0.05) is 17.6 Å². The number of hydrogen-bond acceptors (Lipinski definition) is 4. The molecular weight excluding hydrogens is 570 g/mol. The van der Waals surface area contributed by atoms with Gasteiger partial charge in [-0.1, -0.05) is 85.0 Å². The molecule has 1 aliphatic carbocycles. The van der Waals surface area contributed by atoms with E-state index in [4.69, 9.17) is 11.6 Å². The van der Waals surface area contributed by atoms with Crippen LogP contribution in [0.2, 0.25) is 5.02 Å². The molecule has 0 radical (unpaired) electrons. The molecule has 1 saturated carbocycles. The Bertz CT molecular complexity index is 1500. The van der Waals surface area contributed by atoms with E-state index in [2.05, 4.69) is 5.32 Å². The fraction of sp³-hybridized carbons (Fsp3) is 0.394. The number of hydrogen-bond donors (Lipinski definition) is 1. The van der Waals surface area contributed by atoms with Crippen LogP contribution in [0.15, 0.2) is 71.6 Å². The fourth-order valence-electron chi connectivity index (χ4n) is 5.28. The Morgan fingerprint density at radius 3 is 2.10 bits per heavy atom. The molecule has 0 bridgehead atoms. The molecule has 42 heavy (non-hydrogen) atoms. The summed E-state index contributed by atoms with van der Waals surface area (Å²) in [5, 5.41) is 3.53. The number of benzene rings is 3. The lowest BCUT2D eigenvalue weighted by atomic mass is 10.1. The molecule has 1 unspecified atom stereocenters. The summed E-state index contributed by atoms with van der Waals surface area (Å²) in [5.74, 6) is -0.687. The zero-order chi connectivity index (χ0) is 30.4. The van der Waals surface area contributed by atoms with Gasteiger partial charge in [-0.15, -0.1) is 0 Å². The minimum absolute atomic E-state index is 0.0636. The van der Waals surface area contributed by atoms with Crippen molar-refractivity contribution in [3.63, 3.8) is 0 Å². The highest BCUT2D eigenvalue weighted by molar-refractivity contribution is 7.92. The van der Waals surface area contributed by atoms with Gasteiger partial charge < -0.3 is 10.2 Å². The highest BCUT2D eigenvalue weighted by Gasteiger charge is 2.34. The van der Waals surface area contributed by atoms with Crippen LogP contribution >= 0.6 is 11.6 Å². The molecule has 1 aliphatic rings. The van der Waals surface area contributed by atoms with Crippen molar-refractivity contribution in [2.75, 3.05) is 10.8 Å². The lowest BCUT2D eigenvalue weighted by molar-refractivity contribution is -0.140. The topological polar surface area (TPSA) is 86.8 Å². The number of anilines is 1. The lowest BCUT2D eigenvalue weighted by Gasteiger charge is -2.34. The van der Waals surface area contributed by atoms with Crippen molar-refractivity contribution in [2.24, 2.45) is 0 Å². The van der Waals surface area contributed by atoms with E-state index in [0.717, 1.165) is 52.2 Å². The van der Waals surface area contributed by atoms with Crippen molar-refractivity contribution < 1.29 is 18.0 Å². The van der Waals surface area contributed by atoms with Gasteiger partial charge in [-0.05, 0) is 75.4 Å². The molecule has 3 aromatic carbocycles. The Balaban J connectivity index is 1.73. The van der Waals surface area contributed by atoms with Crippen LogP contribution in [0.5, 0.6) is 0 Å². The smallest absolute Gasteiger partial charge is 0.264 e. The average Bonchev–Trinajstić information content (AvgIpc) is 3.47. The van der Waals surface area contributed by atoms with E-state index in [1.807, 2.05) is 52.0 Å². The minimum Gasteiger partial charge on any atom is -0.352 e. The van der Waals surface area contributed by atoms with Crippen molar-refractivity contribution >= 4 is 39.1 Å². The van der Waals surface area contributed by atoms with E-state index in [1.165, 1.54) is 17.0 Å². The predicted octanol–water partition coefficient (Wildman–Crippen LogP) is 6.33. The van der Waals surface area contributed by atoms with E-state index in [-0.39, 0.29) is 29.1 Å². The molecule has 0 spiro atoms. The summed E-state index contributed by atoms with van der Waals surface area (Å²) in [7, 11) is -4.15. The van der Waals surface area contributed by atoms with E-state index < -0.39 is 28.5 Å². The Morgan fingerprint density at radius 1 is 0.929 bits per heavy atom. The Kier molecular flexibility index (Phi) is 10.3. The molecule has 3 aromatic rings. The number of halogens is 1. The molecule has 4 rings (SSSR count). The molecule has 0 heterocycles. The second kappa shape index (κ2) is 13.7. The maximum atomic E-state index is 14.2. The third-order valence-corrected chi connectivity index (χ3v) is 10.1. The van der Waals surface area contributed by atoms with E-state index in [0.29, 0.717) is 11.4 Å². The molecule has 0 aromatic heterocycles. The SMILES string of the molecule is CCC(C(=O)NC1CCCC1)N(Cc1ccc(C)cc1)C(=O)CN(c1ccc(C)c(Cl)c1)S(=O)(=O)c1ccc(C)cc1. The van der Waals surface area contributed by atoms with Gasteiger partial charge in [-0.2, -0.15) is 0 Å². The summed E-state index contributed by atoms with van der Waals surface area (Å²) >= 11 is 6.42.